The molecule has 1 aromatic heterocycles. The number of unbranched alkanes of at least 4 members (excludes halogenated alkanes) is 3. The highest BCUT2D eigenvalue weighted by Gasteiger charge is 2.06. The highest BCUT2D eigenvalue weighted by molar-refractivity contribution is 14.0. The number of nitrogens with zero attached hydrogens (tertiary/aromatic N) is 3. The van der Waals surface area contributed by atoms with Crippen LogP contribution >= 0.6 is 24.0 Å². The summed E-state index contributed by atoms with van der Waals surface area (Å²) in [5, 5.41) is 7.66. The summed E-state index contributed by atoms with van der Waals surface area (Å²) in [4.78, 5) is 4.42. The molecule has 0 aliphatic carbocycles. The van der Waals surface area contributed by atoms with Crippen molar-refractivity contribution in [3.8, 4) is 0 Å². The summed E-state index contributed by atoms with van der Waals surface area (Å²) < 4.78 is 2.05. The number of hydrogen-bond donors (Lipinski definition) is 2. The fourth-order valence-electron chi connectivity index (χ4n) is 2.29. The molecule has 6 heteroatoms. The highest BCUT2D eigenvalue weighted by atomic mass is 127. The minimum absolute atomic E-state index is 0. The second kappa shape index (κ2) is 11.7. The van der Waals surface area contributed by atoms with Gasteiger partial charge < -0.3 is 11.1 Å². The van der Waals surface area contributed by atoms with Gasteiger partial charge in [-0.2, -0.15) is 5.10 Å². The Morgan fingerprint density at radius 2 is 2.09 bits per heavy atom. The quantitative estimate of drug-likeness (QED) is 0.278. The number of rotatable bonds is 9. The predicted octanol–water partition coefficient (Wildman–Crippen LogP) is 3.24. The second-order valence-electron chi connectivity index (χ2n) is 5.93. The summed E-state index contributed by atoms with van der Waals surface area (Å²) in [5.74, 6) is 0.982. The zero-order chi connectivity index (χ0) is 15.7. The van der Waals surface area contributed by atoms with Crippen molar-refractivity contribution in [3.63, 3.8) is 0 Å². The molecule has 0 spiro atoms. The molecule has 1 atom stereocenters. The maximum atomic E-state index is 5.88. The molecule has 1 aromatic rings. The Kier molecular flexibility index (Phi) is 11.3. The summed E-state index contributed by atoms with van der Waals surface area (Å²) in [6, 6.07) is 2.10. The Bertz CT molecular complexity index is 442. The van der Waals surface area contributed by atoms with Gasteiger partial charge >= 0.3 is 0 Å². The molecule has 0 saturated heterocycles. The zero-order valence-electron chi connectivity index (χ0n) is 14.4. The van der Waals surface area contributed by atoms with Crippen LogP contribution in [0.1, 0.15) is 50.9 Å². The minimum atomic E-state index is 0. The average Bonchev–Trinajstić information content (AvgIpc) is 2.74. The molecule has 1 heterocycles. The SMILES string of the molecule is CCCCCCNC(N)=NCC(C)Cn1nc(C)cc1C.I. The molecular weight excluding hydrogens is 389 g/mol. The van der Waals surface area contributed by atoms with Gasteiger partial charge in [0.15, 0.2) is 5.96 Å². The summed E-state index contributed by atoms with van der Waals surface area (Å²) >= 11 is 0. The molecule has 0 radical (unpaired) electrons. The van der Waals surface area contributed by atoms with Crippen LogP contribution in [0.2, 0.25) is 0 Å². The Morgan fingerprint density at radius 1 is 1.36 bits per heavy atom. The lowest BCUT2D eigenvalue weighted by Gasteiger charge is -2.11. The first-order valence-electron chi connectivity index (χ1n) is 8.07. The van der Waals surface area contributed by atoms with E-state index in [0.717, 1.165) is 31.7 Å². The molecule has 128 valence electrons. The number of nitrogens with two attached hydrogens (primary N) is 1. The van der Waals surface area contributed by atoms with Crippen molar-refractivity contribution in [1.29, 1.82) is 0 Å². The topological polar surface area (TPSA) is 68.2 Å². The molecule has 0 amide bonds. The van der Waals surface area contributed by atoms with Crippen LogP contribution < -0.4 is 11.1 Å². The lowest BCUT2D eigenvalue weighted by atomic mass is 10.2. The van der Waals surface area contributed by atoms with E-state index in [4.69, 9.17) is 5.73 Å². The number of guanidine groups is 1. The van der Waals surface area contributed by atoms with E-state index in [1.54, 1.807) is 0 Å². The Morgan fingerprint density at radius 3 is 2.68 bits per heavy atom. The molecule has 22 heavy (non-hydrogen) atoms. The third-order valence-corrected chi connectivity index (χ3v) is 3.50. The maximum absolute atomic E-state index is 5.88. The van der Waals surface area contributed by atoms with Gasteiger partial charge in [0.25, 0.3) is 0 Å². The summed E-state index contributed by atoms with van der Waals surface area (Å²) in [5.41, 5.74) is 8.15. The zero-order valence-corrected chi connectivity index (χ0v) is 16.8. The van der Waals surface area contributed by atoms with Gasteiger partial charge in [-0.15, -0.1) is 24.0 Å². The van der Waals surface area contributed by atoms with Crippen molar-refractivity contribution in [2.45, 2.75) is 59.9 Å². The lowest BCUT2D eigenvalue weighted by molar-refractivity contribution is 0.450. The molecule has 0 aliphatic heterocycles. The summed E-state index contributed by atoms with van der Waals surface area (Å²) in [6.07, 6.45) is 4.96. The van der Waals surface area contributed by atoms with E-state index in [9.17, 15) is 0 Å². The van der Waals surface area contributed by atoms with Crippen molar-refractivity contribution in [3.05, 3.63) is 17.5 Å². The lowest BCUT2D eigenvalue weighted by Crippen LogP contribution is -2.33. The molecule has 0 bridgehead atoms. The van der Waals surface area contributed by atoms with E-state index in [2.05, 4.69) is 42.2 Å². The summed E-state index contributed by atoms with van der Waals surface area (Å²) in [6.45, 7) is 11.0. The molecule has 0 aliphatic rings. The van der Waals surface area contributed by atoms with E-state index in [-0.39, 0.29) is 24.0 Å². The fourth-order valence-corrected chi connectivity index (χ4v) is 2.29. The van der Waals surface area contributed by atoms with Crippen molar-refractivity contribution in [2.75, 3.05) is 13.1 Å². The van der Waals surface area contributed by atoms with Gasteiger partial charge in [-0.1, -0.05) is 33.1 Å². The van der Waals surface area contributed by atoms with Crippen LogP contribution in [0, 0.1) is 19.8 Å². The molecule has 1 rings (SSSR count). The number of aryl methyl sites for hydroxylation is 2. The van der Waals surface area contributed by atoms with Crippen LogP contribution in [-0.2, 0) is 6.54 Å². The third-order valence-electron chi connectivity index (χ3n) is 3.50. The standard InChI is InChI=1S/C16H31N5.HI/c1-5-6-7-8-9-18-16(17)19-11-13(2)12-21-15(4)10-14(3)20-21;/h10,13H,5-9,11-12H2,1-4H3,(H3,17,18,19);1H. The third kappa shape index (κ3) is 8.60. The monoisotopic (exact) mass is 421 g/mol. The normalized spacial score (nSPS) is 12.8. The summed E-state index contributed by atoms with van der Waals surface area (Å²) in [7, 11) is 0. The van der Waals surface area contributed by atoms with E-state index in [1.807, 2.05) is 11.6 Å². The Hall–Kier alpha value is -0.790. The fraction of sp³-hybridized carbons (Fsp3) is 0.750. The van der Waals surface area contributed by atoms with Gasteiger partial charge in [0.2, 0.25) is 0 Å². The average molecular weight is 421 g/mol. The van der Waals surface area contributed by atoms with Gasteiger partial charge in [0.05, 0.1) is 5.69 Å². The molecular formula is C16H32IN5. The predicted molar refractivity (Wildman–Crippen MR) is 105 cm³/mol. The minimum Gasteiger partial charge on any atom is -0.370 e. The number of nitrogens with one attached hydrogen (secondary N) is 1. The van der Waals surface area contributed by atoms with Crippen LogP contribution in [0.25, 0.3) is 0 Å². The van der Waals surface area contributed by atoms with E-state index < -0.39 is 0 Å². The highest BCUT2D eigenvalue weighted by Crippen LogP contribution is 2.06. The molecule has 0 aromatic carbocycles. The van der Waals surface area contributed by atoms with Gasteiger partial charge in [-0.05, 0) is 32.3 Å². The van der Waals surface area contributed by atoms with Crippen LogP contribution in [0.4, 0.5) is 0 Å². The second-order valence-corrected chi connectivity index (χ2v) is 5.93. The van der Waals surface area contributed by atoms with Crippen LogP contribution in [0.3, 0.4) is 0 Å². The number of aliphatic imine (C=N–C) groups is 1. The van der Waals surface area contributed by atoms with Gasteiger partial charge in [-0.3, -0.25) is 9.67 Å². The van der Waals surface area contributed by atoms with Crippen LogP contribution in [0.5, 0.6) is 0 Å². The molecule has 1 unspecified atom stereocenters. The van der Waals surface area contributed by atoms with Gasteiger partial charge in [0, 0.05) is 25.3 Å². The van der Waals surface area contributed by atoms with Crippen molar-refractivity contribution < 1.29 is 0 Å². The van der Waals surface area contributed by atoms with Crippen molar-refractivity contribution in [2.24, 2.45) is 16.6 Å². The van der Waals surface area contributed by atoms with Crippen LogP contribution in [-0.4, -0.2) is 28.8 Å². The molecule has 0 saturated carbocycles. The molecule has 5 nitrogen and oxygen atoms in total. The number of halogens is 1. The number of hydrogen-bond acceptors (Lipinski definition) is 2. The van der Waals surface area contributed by atoms with E-state index in [1.165, 1.54) is 25.0 Å². The Labute approximate surface area is 152 Å². The first kappa shape index (κ1) is 21.2. The molecule has 3 N–H and O–H groups in total. The van der Waals surface area contributed by atoms with E-state index in [0.29, 0.717) is 11.9 Å². The first-order valence-corrected chi connectivity index (χ1v) is 8.07. The smallest absolute Gasteiger partial charge is 0.188 e. The van der Waals surface area contributed by atoms with Gasteiger partial charge in [-0.25, -0.2) is 0 Å². The van der Waals surface area contributed by atoms with Crippen molar-refractivity contribution in [1.82, 2.24) is 15.1 Å². The molecule has 0 fully saturated rings. The van der Waals surface area contributed by atoms with Gasteiger partial charge in [0.1, 0.15) is 0 Å². The number of aromatic nitrogens is 2. The largest absolute Gasteiger partial charge is 0.370 e. The Balaban J connectivity index is 0.00000441. The maximum Gasteiger partial charge on any atom is 0.188 e. The van der Waals surface area contributed by atoms with E-state index >= 15 is 0 Å². The van der Waals surface area contributed by atoms with Crippen LogP contribution in [0.15, 0.2) is 11.1 Å². The first-order chi connectivity index (χ1) is 10.0. The van der Waals surface area contributed by atoms with Crippen molar-refractivity contribution >= 4 is 29.9 Å².